The molecule has 0 saturated heterocycles. The quantitative estimate of drug-likeness (QED) is 0.347. The van der Waals surface area contributed by atoms with E-state index in [9.17, 15) is 14.7 Å². The molecule has 2 aromatic carbocycles. The van der Waals surface area contributed by atoms with Crippen molar-refractivity contribution in [2.75, 3.05) is 12.4 Å². The van der Waals surface area contributed by atoms with Gasteiger partial charge in [-0.15, -0.1) is 0 Å². The molecular formula is C27H29N3O5. The van der Waals surface area contributed by atoms with E-state index >= 15 is 0 Å². The van der Waals surface area contributed by atoms with Gasteiger partial charge in [0.05, 0.1) is 23.9 Å². The standard InChI is InChI=1S/C27H29N3O5/c1-35-24-13-17(5-11-23(24)31)16-4-10-22-20(12-16)25(21(14-28-22)26(32)15-2-3-15)29-18-6-8-19(9-7-18)30-27(33)34/h4-5,10-15,18-19,30-31H,2-3,6-9H2,1H3,(H,28,29)(H,33,34)/t18-,19-. The Labute approximate surface area is 203 Å². The Morgan fingerprint density at radius 1 is 0.971 bits per heavy atom. The Balaban J connectivity index is 1.52. The normalized spacial score (nSPS) is 19.8. The molecule has 0 spiro atoms. The maximum Gasteiger partial charge on any atom is 0.404 e. The zero-order chi connectivity index (χ0) is 24.5. The topological polar surface area (TPSA) is 121 Å². The fraction of sp³-hybridized carbons (Fsp3) is 0.370. The molecule has 0 radical (unpaired) electrons. The van der Waals surface area contributed by atoms with E-state index in [2.05, 4.69) is 15.6 Å². The zero-order valence-electron chi connectivity index (χ0n) is 19.6. The van der Waals surface area contributed by atoms with Crippen molar-refractivity contribution in [2.24, 2.45) is 5.92 Å². The molecule has 3 aromatic rings. The van der Waals surface area contributed by atoms with Crippen LogP contribution < -0.4 is 15.4 Å². The highest BCUT2D eigenvalue weighted by Gasteiger charge is 2.33. The van der Waals surface area contributed by atoms with Gasteiger partial charge in [-0.2, -0.15) is 0 Å². The number of benzene rings is 2. The van der Waals surface area contributed by atoms with Crippen molar-refractivity contribution in [3.63, 3.8) is 0 Å². The first kappa shape index (κ1) is 23.0. The molecule has 2 fully saturated rings. The first-order chi connectivity index (χ1) is 16.9. The van der Waals surface area contributed by atoms with Gasteiger partial charge in [-0.1, -0.05) is 12.1 Å². The fourth-order valence-corrected chi connectivity index (χ4v) is 4.90. The molecule has 5 rings (SSSR count). The van der Waals surface area contributed by atoms with Crippen molar-refractivity contribution in [3.8, 4) is 22.6 Å². The molecule has 8 nitrogen and oxygen atoms in total. The molecule has 0 bridgehead atoms. The van der Waals surface area contributed by atoms with Crippen molar-refractivity contribution in [1.29, 1.82) is 0 Å². The number of hydrogen-bond donors (Lipinski definition) is 4. The number of ketones is 1. The van der Waals surface area contributed by atoms with Crippen LogP contribution in [-0.2, 0) is 0 Å². The van der Waals surface area contributed by atoms with Crippen LogP contribution in [-0.4, -0.2) is 46.3 Å². The van der Waals surface area contributed by atoms with Gasteiger partial charge in [0.15, 0.2) is 17.3 Å². The average Bonchev–Trinajstić information content (AvgIpc) is 3.70. The van der Waals surface area contributed by atoms with Gasteiger partial charge in [-0.05, 0) is 73.9 Å². The van der Waals surface area contributed by atoms with Gasteiger partial charge >= 0.3 is 6.09 Å². The molecule has 4 N–H and O–H groups in total. The first-order valence-electron chi connectivity index (χ1n) is 12.0. The average molecular weight is 476 g/mol. The minimum absolute atomic E-state index is 0.0385. The second-order valence-electron chi connectivity index (χ2n) is 9.45. The Kier molecular flexibility index (Phi) is 6.19. The number of rotatable bonds is 7. The second-order valence-corrected chi connectivity index (χ2v) is 9.45. The molecule has 182 valence electrons. The highest BCUT2D eigenvalue weighted by Crippen LogP contribution is 2.39. The summed E-state index contributed by atoms with van der Waals surface area (Å²) in [5.41, 5.74) is 4.01. The third-order valence-electron chi connectivity index (χ3n) is 7.00. The number of carboxylic acid groups (broad SMARTS) is 1. The zero-order valence-corrected chi connectivity index (χ0v) is 19.6. The van der Waals surface area contributed by atoms with Gasteiger partial charge in [0.25, 0.3) is 0 Å². The van der Waals surface area contributed by atoms with E-state index in [-0.39, 0.29) is 29.5 Å². The summed E-state index contributed by atoms with van der Waals surface area (Å²) in [5.74, 6) is 0.657. The highest BCUT2D eigenvalue weighted by molar-refractivity contribution is 6.10. The predicted molar refractivity (Wildman–Crippen MR) is 133 cm³/mol. The van der Waals surface area contributed by atoms with E-state index in [0.717, 1.165) is 66.2 Å². The van der Waals surface area contributed by atoms with Gasteiger partial charge in [-0.3, -0.25) is 9.78 Å². The maximum atomic E-state index is 13.2. The molecular weight excluding hydrogens is 446 g/mol. The molecule has 2 aliphatic rings. The van der Waals surface area contributed by atoms with Crippen molar-refractivity contribution in [2.45, 2.75) is 50.6 Å². The summed E-state index contributed by atoms with van der Waals surface area (Å²) in [4.78, 5) is 28.7. The highest BCUT2D eigenvalue weighted by atomic mass is 16.5. The monoisotopic (exact) mass is 475 g/mol. The molecule has 2 saturated carbocycles. The summed E-state index contributed by atoms with van der Waals surface area (Å²) in [6, 6.07) is 11.2. The van der Waals surface area contributed by atoms with E-state index in [0.29, 0.717) is 11.3 Å². The number of hydrogen-bond acceptors (Lipinski definition) is 6. The number of phenolic OH excluding ortho intramolecular Hbond substituents is 1. The van der Waals surface area contributed by atoms with E-state index < -0.39 is 6.09 Å². The van der Waals surface area contributed by atoms with Crippen LogP contribution in [0.2, 0.25) is 0 Å². The summed E-state index contributed by atoms with van der Waals surface area (Å²) in [5, 5.41) is 26.1. The molecule has 0 atom stereocenters. The lowest BCUT2D eigenvalue weighted by Crippen LogP contribution is -2.39. The Bertz CT molecular complexity index is 1280. The van der Waals surface area contributed by atoms with Gasteiger partial charge in [0, 0.05) is 29.6 Å². The number of methoxy groups -OCH3 is 1. The summed E-state index contributed by atoms with van der Waals surface area (Å²) in [6.45, 7) is 0. The number of Topliss-reactive ketones (excluding diaryl/α,β-unsaturated/α-hetero) is 1. The Hall–Kier alpha value is -3.81. The number of nitrogens with one attached hydrogen (secondary N) is 2. The van der Waals surface area contributed by atoms with Crippen LogP contribution in [0.25, 0.3) is 22.0 Å². The second kappa shape index (κ2) is 9.44. The van der Waals surface area contributed by atoms with E-state index in [1.54, 1.807) is 18.3 Å². The smallest absolute Gasteiger partial charge is 0.404 e. The van der Waals surface area contributed by atoms with Crippen molar-refractivity contribution in [1.82, 2.24) is 10.3 Å². The van der Waals surface area contributed by atoms with Crippen molar-refractivity contribution >= 4 is 28.5 Å². The molecule has 1 amide bonds. The van der Waals surface area contributed by atoms with E-state index in [1.165, 1.54) is 7.11 Å². The first-order valence-corrected chi connectivity index (χ1v) is 12.0. The van der Waals surface area contributed by atoms with Crippen LogP contribution in [0, 0.1) is 5.92 Å². The number of ether oxygens (including phenoxy) is 1. The summed E-state index contributed by atoms with van der Waals surface area (Å²) >= 11 is 0. The largest absolute Gasteiger partial charge is 0.504 e. The van der Waals surface area contributed by atoms with Crippen molar-refractivity contribution < 1.29 is 24.5 Å². The summed E-state index contributed by atoms with van der Waals surface area (Å²) < 4.78 is 5.27. The number of carbonyl (C=O) groups is 2. The number of nitrogens with zero attached hydrogens (tertiary/aromatic N) is 1. The summed E-state index contributed by atoms with van der Waals surface area (Å²) in [7, 11) is 1.52. The molecule has 1 heterocycles. The number of fused-ring (bicyclic) bond motifs is 1. The number of anilines is 1. The third kappa shape index (κ3) is 4.87. The van der Waals surface area contributed by atoms with Crippen LogP contribution in [0.4, 0.5) is 10.5 Å². The van der Waals surface area contributed by atoms with E-state index in [4.69, 9.17) is 9.84 Å². The lowest BCUT2D eigenvalue weighted by Gasteiger charge is -2.30. The minimum atomic E-state index is -0.989. The number of phenols is 1. The van der Waals surface area contributed by atoms with Gasteiger partial charge in [-0.25, -0.2) is 4.79 Å². The SMILES string of the molecule is COc1cc(-c2ccc3ncc(C(=O)C4CC4)c(N[C@H]4CC[C@H](NC(=O)O)CC4)c3c2)ccc1O. The van der Waals surface area contributed by atoms with Gasteiger partial charge < -0.3 is 25.6 Å². The Morgan fingerprint density at radius 2 is 1.66 bits per heavy atom. The molecule has 0 aliphatic heterocycles. The van der Waals surface area contributed by atoms with Crippen LogP contribution in [0.3, 0.4) is 0 Å². The Morgan fingerprint density at radius 3 is 2.34 bits per heavy atom. The minimum Gasteiger partial charge on any atom is -0.504 e. The number of aromatic nitrogens is 1. The lowest BCUT2D eigenvalue weighted by atomic mass is 9.90. The van der Waals surface area contributed by atoms with E-state index in [1.807, 2.05) is 24.3 Å². The number of aromatic hydroxyl groups is 1. The lowest BCUT2D eigenvalue weighted by molar-refractivity contribution is 0.0968. The van der Waals surface area contributed by atoms with Gasteiger partial charge in [0.1, 0.15) is 0 Å². The maximum absolute atomic E-state index is 13.2. The van der Waals surface area contributed by atoms with Crippen LogP contribution in [0.5, 0.6) is 11.5 Å². The predicted octanol–water partition coefficient (Wildman–Crippen LogP) is 5.20. The number of amides is 1. The summed E-state index contributed by atoms with van der Waals surface area (Å²) in [6.07, 6.45) is 5.63. The van der Waals surface area contributed by atoms with Gasteiger partial charge in [0.2, 0.25) is 0 Å². The molecule has 1 aromatic heterocycles. The number of carbonyl (C=O) groups excluding carboxylic acids is 1. The van der Waals surface area contributed by atoms with Crippen LogP contribution in [0.1, 0.15) is 48.9 Å². The fourth-order valence-electron chi connectivity index (χ4n) is 4.90. The molecule has 8 heteroatoms. The van der Waals surface area contributed by atoms with Crippen molar-refractivity contribution in [3.05, 3.63) is 48.2 Å². The molecule has 2 aliphatic carbocycles. The molecule has 35 heavy (non-hydrogen) atoms. The van der Waals surface area contributed by atoms with Crippen LogP contribution >= 0.6 is 0 Å². The molecule has 0 unspecified atom stereocenters. The third-order valence-corrected chi connectivity index (χ3v) is 7.00. The van der Waals surface area contributed by atoms with Crippen LogP contribution in [0.15, 0.2) is 42.6 Å². The number of pyridine rings is 1.